The van der Waals surface area contributed by atoms with E-state index in [9.17, 15) is 4.39 Å². The summed E-state index contributed by atoms with van der Waals surface area (Å²) in [5.74, 6) is 1.37. The largest absolute Gasteiger partial charge is 0.355 e. The van der Waals surface area contributed by atoms with Crippen LogP contribution in [-0.4, -0.2) is 4.57 Å². The second-order valence-electron chi connectivity index (χ2n) is 11.3. The molecule has 0 aliphatic carbocycles. The molecule has 3 aromatic carbocycles. The lowest BCUT2D eigenvalue weighted by molar-refractivity contribution is 0.369. The zero-order valence-electron chi connectivity index (χ0n) is 24.2. The van der Waals surface area contributed by atoms with Gasteiger partial charge in [-0.1, -0.05) is 96.1 Å². The maximum atomic E-state index is 14.1. The number of hydrogen-bond acceptors (Lipinski definition) is 1. The number of para-hydroxylation sites is 1. The Bertz CT molecular complexity index is 1350. The van der Waals surface area contributed by atoms with Gasteiger partial charge in [0.15, 0.2) is 0 Å². The zero-order chi connectivity index (χ0) is 27.9. The molecule has 0 amide bonds. The van der Waals surface area contributed by atoms with Crippen LogP contribution in [0.5, 0.6) is 0 Å². The van der Waals surface area contributed by atoms with Crippen LogP contribution in [0.4, 0.5) is 10.1 Å². The third kappa shape index (κ3) is 6.71. The minimum Gasteiger partial charge on any atom is -0.355 e. The molecule has 4 rings (SSSR count). The van der Waals surface area contributed by atoms with Gasteiger partial charge >= 0.3 is 0 Å². The average molecular weight is 523 g/mol. The molecule has 0 saturated heterocycles. The molecule has 0 bridgehead atoms. The Morgan fingerprint density at radius 1 is 0.821 bits per heavy atom. The number of aromatic nitrogens is 1. The van der Waals surface area contributed by atoms with Crippen molar-refractivity contribution in [2.24, 2.45) is 11.8 Å². The van der Waals surface area contributed by atoms with Crippen molar-refractivity contribution in [3.05, 3.63) is 109 Å². The molecule has 2 nitrogen and oxygen atoms in total. The van der Waals surface area contributed by atoms with E-state index in [1.165, 1.54) is 18.5 Å². The van der Waals surface area contributed by atoms with Crippen LogP contribution in [0.15, 0.2) is 91.5 Å². The fraction of sp³-hybridized carbons (Fsp3) is 0.333. The van der Waals surface area contributed by atoms with Gasteiger partial charge in [0.2, 0.25) is 0 Å². The standard InChI is InChI=1S/C36H43FN2/c1-7-26(4)24-27(5)22-23-39-35(25(2)3)33(28(6)38-32-16-12-9-13-17-32)34(29-14-10-8-11-15-29)36(39)30-18-20-31(37)21-19-30/h8-21,25-27,38H,6-7,22-24H2,1-5H3. The number of nitrogens with one attached hydrogen (secondary N) is 1. The molecule has 1 heterocycles. The number of benzene rings is 3. The highest BCUT2D eigenvalue weighted by molar-refractivity contribution is 5.95. The molecule has 0 radical (unpaired) electrons. The van der Waals surface area contributed by atoms with Crippen LogP contribution >= 0.6 is 0 Å². The monoisotopic (exact) mass is 522 g/mol. The fourth-order valence-electron chi connectivity index (χ4n) is 5.65. The van der Waals surface area contributed by atoms with E-state index in [1.807, 2.05) is 30.3 Å². The minimum atomic E-state index is -0.222. The summed E-state index contributed by atoms with van der Waals surface area (Å²) in [6, 6.07) is 27.7. The lowest BCUT2D eigenvalue weighted by atomic mass is 9.93. The predicted octanol–water partition coefficient (Wildman–Crippen LogP) is 10.6. The molecule has 1 aromatic heterocycles. The van der Waals surface area contributed by atoms with E-state index in [4.69, 9.17) is 0 Å². The first-order chi connectivity index (χ1) is 18.8. The second kappa shape index (κ2) is 13.0. The average Bonchev–Trinajstić information content (AvgIpc) is 3.29. The van der Waals surface area contributed by atoms with E-state index in [0.717, 1.165) is 58.2 Å². The summed E-state index contributed by atoms with van der Waals surface area (Å²) in [5.41, 5.74) is 8.71. The summed E-state index contributed by atoms with van der Waals surface area (Å²) in [5, 5.41) is 3.60. The Hall–Kier alpha value is -3.59. The lowest BCUT2D eigenvalue weighted by Gasteiger charge is -2.21. The van der Waals surface area contributed by atoms with Gasteiger partial charge in [0, 0.05) is 34.8 Å². The van der Waals surface area contributed by atoms with E-state index in [1.54, 1.807) is 12.1 Å². The van der Waals surface area contributed by atoms with Gasteiger partial charge in [-0.05, 0) is 78.1 Å². The maximum Gasteiger partial charge on any atom is 0.123 e. The summed E-state index contributed by atoms with van der Waals surface area (Å²) in [4.78, 5) is 0. The van der Waals surface area contributed by atoms with Crippen molar-refractivity contribution in [2.75, 3.05) is 5.32 Å². The van der Waals surface area contributed by atoms with Crippen LogP contribution in [0.3, 0.4) is 0 Å². The lowest BCUT2D eigenvalue weighted by Crippen LogP contribution is -2.12. The number of halogens is 1. The quantitative estimate of drug-likeness (QED) is 0.196. The molecule has 0 aliphatic rings. The summed E-state index contributed by atoms with van der Waals surface area (Å²) in [6.07, 6.45) is 3.51. The Kier molecular flexibility index (Phi) is 9.45. The van der Waals surface area contributed by atoms with Crippen molar-refractivity contribution in [1.82, 2.24) is 4.57 Å². The molecular formula is C36H43FN2. The Morgan fingerprint density at radius 3 is 2.03 bits per heavy atom. The molecular weight excluding hydrogens is 479 g/mol. The summed E-state index contributed by atoms with van der Waals surface area (Å²) < 4.78 is 16.6. The van der Waals surface area contributed by atoms with Crippen LogP contribution in [0.25, 0.3) is 28.1 Å². The predicted molar refractivity (Wildman–Crippen MR) is 166 cm³/mol. The van der Waals surface area contributed by atoms with Gasteiger partial charge in [0.1, 0.15) is 5.82 Å². The van der Waals surface area contributed by atoms with Crippen molar-refractivity contribution in [2.45, 2.75) is 66.3 Å². The van der Waals surface area contributed by atoms with E-state index in [2.05, 4.69) is 93.5 Å². The molecule has 1 N–H and O–H groups in total. The van der Waals surface area contributed by atoms with Crippen LogP contribution < -0.4 is 5.32 Å². The van der Waals surface area contributed by atoms with Gasteiger partial charge in [0.05, 0.1) is 5.69 Å². The molecule has 0 saturated carbocycles. The molecule has 2 unspecified atom stereocenters. The molecule has 2 atom stereocenters. The smallest absolute Gasteiger partial charge is 0.123 e. The first-order valence-corrected chi connectivity index (χ1v) is 14.4. The summed E-state index contributed by atoms with van der Waals surface area (Å²) in [6.45, 7) is 17.0. The summed E-state index contributed by atoms with van der Waals surface area (Å²) in [7, 11) is 0. The normalized spacial score (nSPS) is 12.9. The molecule has 39 heavy (non-hydrogen) atoms. The third-order valence-corrected chi connectivity index (χ3v) is 7.75. The van der Waals surface area contributed by atoms with Gasteiger partial charge in [-0.15, -0.1) is 0 Å². The highest BCUT2D eigenvalue weighted by atomic mass is 19.1. The van der Waals surface area contributed by atoms with Gasteiger partial charge in [-0.25, -0.2) is 4.39 Å². The highest BCUT2D eigenvalue weighted by Crippen LogP contribution is 2.45. The molecule has 0 aliphatic heterocycles. The first kappa shape index (κ1) is 28.4. The number of anilines is 1. The molecule has 204 valence electrons. The summed E-state index contributed by atoms with van der Waals surface area (Å²) >= 11 is 0. The fourth-order valence-corrected chi connectivity index (χ4v) is 5.65. The SMILES string of the molecule is C=C(Nc1ccccc1)c1c(-c2ccccc2)c(-c2ccc(F)cc2)n(CCC(C)CC(C)CC)c1C(C)C. The third-order valence-electron chi connectivity index (χ3n) is 7.75. The topological polar surface area (TPSA) is 17.0 Å². The van der Waals surface area contributed by atoms with E-state index in [-0.39, 0.29) is 11.7 Å². The van der Waals surface area contributed by atoms with Gasteiger partial charge < -0.3 is 9.88 Å². The Labute approximate surface area is 234 Å². The zero-order valence-corrected chi connectivity index (χ0v) is 24.2. The van der Waals surface area contributed by atoms with Crippen LogP contribution in [0.1, 0.15) is 71.1 Å². The van der Waals surface area contributed by atoms with E-state index in [0.29, 0.717) is 5.92 Å². The Morgan fingerprint density at radius 2 is 1.44 bits per heavy atom. The van der Waals surface area contributed by atoms with E-state index >= 15 is 0 Å². The van der Waals surface area contributed by atoms with Crippen molar-refractivity contribution < 1.29 is 4.39 Å². The van der Waals surface area contributed by atoms with Gasteiger partial charge in [-0.3, -0.25) is 0 Å². The number of rotatable bonds is 12. The van der Waals surface area contributed by atoms with Crippen LogP contribution in [0, 0.1) is 17.7 Å². The van der Waals surface area contributed by atoms with Crippen molar-refractivity contribution in [3.63, 3.8) is 0 Å². The maximum absolute atomic E-state index is 14.1. The van der Waals surface area contributed by atoms with Crippen LogP contribution in [0.2, 0.25) is 0 Å². The second-order valence-corrected chi connectivity index (χ2v) is 11.3. The highest BCUT2D eigenvalue weighted by Gasteiger charge is 2.28. The van der Waals surface area contributed by atoms with Crippen molar-refractivity contribution in [3.8, 4) is 22.4 Å². The molecule has 0 fully saturated rings. The molecule has 4 aromatic rings. The molecule has 3 heteroatoms. The van der Waals surface area contributed by atoms with Gasteiger partial charge in [-0.2, -0.15) is 0 Å². The van der Waals surface area contributed by atoms with E-state index < -0.39 is 0 Å². The number of nitrogens with zero attached hydrogens (tertiary/aromatic N) is 1. The van der Waals surface area contributed by atoms with Gasteiger partial charge in [0.25, 0.3) is 0 Å². The Balaban J connectivity index is 1.94. The minimum absolute atomic E-state index is 0.222. The van der Waals surface area contributed by atoms with Crippen LogP contribution in [-0.2, 0) is 6.54 Å². The van der Waals surface area contributed by atoms with Crippen molar-refractivity contribution in [1.29, 1.82) is 0 Å². The van der Waals surface area contributed by atoms with Crippen molar-refractivity contribution >= 4 is 11.4 Å². The molecule has 0 spiro atoms. The first-order valence-electron chi connectivity index (χ1n) is 14.4. The number of hydrogen-bond donors (Lipinski definition) is 1.